The fourth-order valence-electron chi connectivity index (χ4n) is 2.42. The smallest absolute Gasteiger partial charge is 0.119 e. The van der Waals surface area contributed by atoms with E-state index in [0.717, 1.165) is 30.3 Å². The molecule has 3 nitrogen and oxygen atoms in total. The topological polar surface area (TPSA) is 33.3 Å². The zero-order valence-electron chi connectivity index (χ0n) is 11.5. The van der Waals surface area contributed by atoms with Crippen LogP contribution in [0.3, 0.4) is 0 Å². The van der Waals surface area contributed by atoms with E-state index in [0.29, 0.717) is 6.04 Å². The van der Waals surface area contributed by atoms with Gasteiger partial charge in [-0.1, -0.05) is 18.2 Å². The molecule has 0 bridgehead atoms. The Morgan fingerprint density at radius 2 is 1.75 bits per heavy atom. The number of para-hydroxylation sites is 1. The Morgan fingerprint density at radius 1 is 1.00 bits per heavy atom. The molecule has 1 aliphatic rings. The van der Waals surface area contributed by atoms with Crippen molar-refractivity contribution in [1.82, 2.24) is 5.32 Å². The van der Waals surface area contributed by atoms with Crippen LogP contribution in [0.5, 0.6) is 5.75 Å². The first-order valence-corrected chi connectivity index (χ1v) is 7.18. The van der Waals surface area contributed by atoms with Crippen molar-refractivity contribution < 1.29 is 4.74 Å². The second-order valence-electron chi connectivity index (χ2n) is 5.12. The molecule has 0 unspecified atom stereocenters. The summed E-state index contributed by atoms with van der Waals surface area (Å²) in [5.74, 6) is 0.928. The van der Waals surface area contributed by atoms with Crippen LogP contribution in [0.2, 0.25) is 0 Å². The summed E-state index contributed by atoms with van der Waals surface area (Å²) >= 11 is 0. The van der Waals surface area contributed by atoms with Gasteiger partial charge < -0.3 is 15.4 Å². The van der Waals surface area contributed by atoms with Gasteiger partial charge in [-0.25, -0.2) is 0 Å². The molecule has 3 heteroatoms. The van der Waals surface area contributed by atoms with E-state index in [2.05, 4.69) is 22.8 Å². The van der Waals surface area contributed by atoms with Crippen molar-refractivity contribution in [2.24, 2.45) is 0 Å². The monoisotopic (exact) mass is 268 g/mol. The SMILES string of the molecule is c1ccc(Nc2ccc(OC[C@H]3CCCN3)cc2)cc1. The molecule has 20 heavy (non-hydrogen) atoms. The van der Waals surface area contributed by atoms with Gasteiger partial charge in [0.2, 0.25) is 0 Å². The third-order valence-electron chi connectivity index (χ3n) is 3.53. The summed E-state index contributed by atoms with van der Waals surface area (Å²) in [6.45, 7) is 1.87. The lowest BCUT2D eigenvalue weighted by Gasteiger charge is -2.12. The zero-order valence-corrected chi connectivity index (χ0v) is 11.5. The van der Waals surface area contributed by atoms with Gasteiger partial charge in [-0.15, -0.1) is 0 Å². The molecule has 2 aromatic carbocycles. The lowest BCUT2D eigenvalue weighted by atomic mass is 10.2. The Kier molecular flexibility index (Phi) is 4.19. The van der Waals surface area contributed by atoms with Gasteiger partial charge in [0.15, 0.2) is 0 Å². The average molecular weight is 268 g/mol. The van der Waals surface area contributed by atoms with Crippen molar-refractivity contribution in [3.05, 3.63) is 54.6 Å². The summed E-state index contributed by atoms with van der Waals surface area (Å²) in [4.78, 5) is 0. The van der Waals surface area contributed by atoms with Crippen LogP contribution < -0.4 is 15.4 Å². The van der Waals surface area contributed by atoms with Gasteiger partial charge >= 0.3 is 0 Å². The van der Waals surface area contributed by atoms with Crippen molar-refractivity contribution in [2.75, 3.05) is 18.5 Å². The molecule has 2 N–H and O–H groups in total. The summed E-state index contributed by atoms with van der Waals surface area (Å²) < 4.78 is 5.80. The predicted molar refractivity (Wildman–Crippen MR) is 82.7 cm³/mol. The number of ether oxygens (including phenoxy) is 1. The maximum absolute atomic E-state index is 5.80. The second kappa shape index (κ2) is 6.44. The van der Waals surface area contributed by atoms with Crippen LogP contribution in [0.4, 0.5) is 11.4 Å². The van der Waals surface area contributed by atoms with Crippen molar-refractivity contribution in [3.63, 3.8) is 0 Å². The zero-order chi connectivity index (χ0) is 13.6. The van der Waals surface area contributed by atoms with Crippen LogP contribution in [0, 0.1) is 0 Å². The molecule has 1 heterocycles. The molecular weight excluding hydrogens is 248 g/mol. The largest absolute Gasteiger partial charge is 0.492 e. The second-order valence-corrected chi connectivity index (χ2v) is 5.12. The van der Waals surface area contributed by atoms with Gasteiger partial charge in [0.25, 0.3) is 0 Å². The Hall–Kier alpha value is -2.00. The maximum Gasteiger partial charge on any atom is 0.119 e. The van der Waals surface area contributed by atoms with Gasteiger partial charge in [0, 0.05) is 17.4 Å². The molecule has 1 atom stereocenters. The van der Waals surface area contributed by atoms with E-state index in [9.17, 15) is 0 Å². The highest BCUT2D eigenvalue weighted by atomic mass is 16.5. The summed E-state index contributed by atoms with van der Waals surface area (Å²) in [6.07, 6.45) is 2.47. The molecule has 104 valence electrons. The van der Waals surface area contributed by atoms with Crippen LogP contribution in [0.15, 0.2) is 54.6 Å². The van der Waals surface area contributed by atoms with Crippen molar-refractivity contribution in [3.8, 4) is 5.75 Å². The minimum Gasteiger partial charge on any atom is -0.492 e. The number of rotatable bonds is 5. The van der Waals surface area contributed by atoms with Gasteiger partial charge in [-0.2, -0.15) is 0 Å². The van der Waals surface area contributed by atoms with Gasteiger partial charge in [0.1, 0.15) is 12.4 Å². The maximum atomic E-state index is 5.80. The van der Waals surface area contributed by atoms with Crippen molar-refractivity contribution in [1.29, 1.82) is 0 Å². The van der Waals surface area contributed by atoms with Crippen LogP contribution >= 0.6 is 0 Å². The van der Waals surface area contributed by atoms with E-state index in [1.807, 2.05) is 42.5 Å². The lowest BCUT2D eigenvalue weighted by molar-refractivity contribution is 0.277. The highest BCUT2D eigenvalue weighted by molar-refractivity contribution is 5.59. The molecule has 1 fully saturated rings. The third kappa shape index (κ3) is 3.52. The molecule has 0 radical (unpaired) electrons. The number of hydrogen-bond donors (Lipinski definition) is 2. The van der Waals surface area contributed by atoms with Crippen LogP contribution in [0.25, 0.3) is 0 Å². The molecule has 3 rings (SSSR count). The van der Waals surface area contributed by atoms with Gasteiger partial charge in [0.05, 0.1) is 0 Å². The molecule has 0 amide bonds. The Bertz CT molecular complexity index is 518. The van der Waals surface area contributed by atoms with Gasteiger partial charge in [-0.3, -0.25) is 0 Å². The molecule has 2 aromatic rings. The summed E-state index contributed by atoms with van der Waals surface area (Å²) in [5.41, 5.74) is 2.17. The molecule has 0 saturated carbocycles. The Labute approximate surface area is 120 Å². The Morgan fingerprint density at radius 3 is 2.45 bits per heavy atom. The molecule has 1 saturated heterocycles. The highest BCUT2D eigenvalue weighted by Gasteiger charge is 2.14. The molecule has 0 aliphatic carbocycles. The van der Waals surface area contributed by atoms with Crippen molar-refractivity contribution >= 4 is 11.4 Å². The van der Waals surface area contributed by atoms with E-state index < -0.39 is 0 Å². The number of hydrogen-bond acceptors (Lipinski definition) is 3. The van der Waals surface area contributed by atoms with Gasteiger partial charge in [-0.05, 0) is 55.8 Å². The van der Waals surface area contributed by atoms with Crippen LogP contribution in [-0.4, -0.2) is 19.2 Å². The first-order valence-electron chi connectivity index (χ1n) is 7.18. The van der Waals surface area contributed by atoms with E-state index in [1.54, 1.807) is 0 Å². The van der Waals surface area contributed by atoms with Crippen LogP contribution in [0.1, 0.15) is 12.8 Å². The first kappa shape index (κ1) is 13.0. The molecule has 0 spiro atoms. The number of benzene rings is 2. The van der Waals surface area contributed by atoms with E-state index >= 15 is 0 Å². The minimum atomic E-state index is 0.511. The average Bonchev–Trinajstić information content (AvgIpc) is 3.01. The summed E-state index contributed by atoms with van der Waals surface area (Å²) in [5, 5.41) is 6.79. The number of anilines is 2. The molecule has 1 aliphatic heterocycles. The molecular formula is C17H20N2O. The normalized spacial score (nSPS) is 17.9. The fourth-order valence-corrected chi connectivity index (χ4v) is 2.42. The third-order valence-corrected chi connectivity index (χ3v) is 3.53. The summed E-state index contributed by atoms with van der Waals surface area (Å²) in [7, 11) is 0. The minimum absolute atomic E-state index is 0.511. The predicted octanol–water partition coefficient (Wildman–Crippen LogP) is 3.56. The first-order chi connectivity index (χ1) is 9.90. The lowest BCUT2D eigenvalue weighted by Crippen LogP contribution is -2.28. The van der Waals surface area contributed by atoms with E-state index in [-0.39, 0.29) is 0 Å². The standard InChI is InChI=1S/C17H20N2O/c1-2-5-14(6-3-1)19-15-8-10-17(11-9-15)20-13-16-7-4-12-18-16/h1-3,5-6,8-11,16,18-19H,4,7,12-13H2/t16-/m1/s1. The van der Waals surface area contributed by atoms with Crippen LogP contribution in [-0.2, 0) is 0 Å². The van der Waals surface area contributed by atoms with E-state index in [4.69, 9.17) is 4.74 Å². The van der Waals surface area contributed by atoms with E-state index in [1.165, 1.54) is 12.8 Å². The highest BCUT2D eigenvalue weighted by Crippen LogP contribution is 2.20. The Balaban J connectivity index is 1.54. The van der Waals surface area contributed by atoms with Crippen molar-refractivity contribution in [2.45, 2.75) is 18.9 Å². The summed E-state index contributed by atoms with van der Waals surface area (Å²) in [6, 6.07) is 18.8. The fraction of sp³-hybridized carbons (Fsp3) is 0.294. The number of nitrogens with one attached hydrogen (secondary N) is 2. The molecule has 0 aromatic heterocycles. The quantitative estimate of drug-likeness (QED) is 0.870.